The van der Waals surface area contributed by atoms with E-state index in [1.54, 1.807) is 12.0 Å². The summed E-state index contributed by atoms with van der Waals surface area (Å²) < 4.78 is 3.68. The van der Waals surface area contributed by atoms with Crippen molar-refractivity contribution in [2.75, 3.05) is 25.1 Å². The maximum absolute atomic E-state index is 12.6. The molecule has 1 aliphatic rings. The molecule has 30 heavy (non-hydrogen) atoms. The number of hydrogen-bond donors (Lipinski definition) is 1. The number of hydrogen-bond acceptors (Lipinski definition) is 3. The Morgan fingerprint density at radius 2 is 1.80 bits per heavy atom. The molecule has 1 atom stereocenters. The van der Waals surface area contributed by atoms with Crippen LogP contribution in [0.2, 0.25) is 0 Å². The third-order valence-electron chi connectivity index (χ3n) is 4.82. The van der Waals surface area contributed by atoms with Crippen molar-refractivity contribution in [1.29, 1.82) is 0 Å². The Kier molecular flexibility index (Phi) is 7.69. The van der Waals surface area contributed by atoms with Gasteiger partial charge in [0.15, 0.2) is 11.3 Å². The zero-order valence-electron chi connectivity index (χ0n) is 16.4. The van der Waals surface area contributed by atoms with E-state index in [0.29, 0.717) is 30.4 Å². The number of methoxy groups -OCH3 is 1. The fourth-order valence-corrected chi connectivity index (χ4v) is 4.24. The lowest BCUT2D eigenvalue weighted by Crippen LogP contribution is -2.56. The maximum atomic E-state index is 12.6. The van der Waals surface area contributed by atoms with Gasteiger partial charge in [-0.3, -0.25) is 4.79 Å². The van der Waals surface area contributed by atoms with Crippen molar-refractivity contribution >= 4 is 63.7 Å². The van der Waals surface area contributed by atoms with Crippen molar-refractivity contribution in [3.63, 3.8) is 0 Å². The molecule has 0 spiro atoms. The monoisotopic (exact) mass is 485 g/mol. The molecule has 1 unspecified atom stereocenters. The third kappa shape index (κ3) is 5.49. The molecule has 3 rings (SSSR count). The number of rotatable bonds is 7. The van der Waals surface area contributed by atoms with E-state index >= 15 is 0 Å². The Labute approximate surface area is 196 Å². The van der Waals surface area contributed by atoms with E-state index in [1.165, 1.54) is 0 Å². The van der Waals surface area contributed by atoms with Crippen molar-refractivity contribution in [1.82, 2.24) is 10.2 Å². The zero-order chi connectivity index (χ0) is 21.7. The molecule has 1 amide bonds. The van der Waals surface area contributed by atoms with Crippen molar-refractivity contribution in [3.05, 3.63) is 60.2 Å². The number of alkyl halides is 3. The SMILES string of the molecule is COc1ccccc1N1CCN(C(NC(=O)CCc2ccccc2)C(Cl)(Cl)Cl)C1=S. The van der Waals surface area contributed by atoms with Crippen LogP contribution in [-0.2, 0) is 11.2 Å². The highest BCUT2D eigenvalue weighted by atomic mass is 35.6. The number of benzene rings is 2. The van der Waals surface area contributed by atoms with Crippen molar-refractivity contribution in [3.8, 4) is 5.75 Å². The Hall–Kier alpha value is -1.73. The van der Waals surface area contributed by atoms with Gasteiger partial charge in [-0.05, 0) is 36.3 Å². The molecule has 1 saturated heterocycles. The van der Waals surface area contributed by atoms with E-state index in [0.717, 1.165) is 11.3 Å². The number of nitrogens with one attached hydrogen (secondary N) is 1. The maximum Gasteiger partial charge on any atom is 0.228 e. The minimum atomic E-state index is -1.76. The van der Waals surface area contributed by atoms with Crippen molar-refractivity contribution < 1.29 is 9.53 Å². The van der Waals surface area contributed by atoms with Gasteiger partial charge in [0, 0.05) is 19.5 Å². The molecule has 0 bridgehead atoms. The molecule has 1 aliphatic heterocycles. The fourth-order valence-electron chi connectivity index (χ4n) is 3.33. The summed E-state index contributed by atoms with van der Waals surface area (Å²) in [5.74, 6) is 0.479. The van der Waals surface area contributed by atoms with Crippen LogP contribution in [0, 0.1) is 0 Å². The number of halogens is 3. The van der Waals surface area contributed by atoms with E-state index in [9.17, 15) is 4.79 Å². The minimum absolute atomic E-state index is 0.214. The molecule has 160 valence electrons. The first-order valence-corrected chi connectivity index (χ1v) is 11.0. The number of para-hydroxylation sites is 2. The van der Waals surface area contributed by atoms with E-state index in [4.69, 9.17) is 51.8 Å². The van der Waals surface area contributed by atoms with E-state index in [2.05, 4.69) is 5.32 Å². The first kappa shape index (κ1) is 22.9. The molecule has 5 nitrogen and oxygen atoms in total. The summed E-state index contributed by atoms with van der Waals surface area (Å²) in [7, 11) is 1.60. The number of anilines is 1. The number of nitrogens with zero attached hydrogens (tertiary/aromatic N) is 2. The largest absolute Gasteiger partial charge is 0.495 e. The van der Waals surface area contributed by atoms with E-state index < -0.39 is 9.96 Å². The van der Waals surface area contributed by atoms with Crippen LogP contribution >= 0.6 is 47.0 Å². The molecule has 0 saturated carbocycles. The smallest absolute Gasteiger partial charge is 0.228 e. The molecule has 1 fully saturated rings. The molecule has 0 radical (unpaired) electrons. The van der Waals surface area contributed by atoms with Crippen LogP contribution in [-0.4, -0.2) is 46.1 Å². The standard InChI is InChI=1S/C21H22Cl3N3O2S/c1-29-17-10-6-5-9-16(17)26-13-14-27(20(26)30)19(21(22,23)24)25-18(28)12-11-15-7-3-2-4-8-15/h2-10,19H,11-14H2,1H3,(H,25,28). The molecule has 2 aromatic carbocycles. The Morgan fingerprint density at radius 1 is 1.13 bits per heavy atom. The van der Waals surface area contributed by atoms with Gasteiger partial charge in [0.2, 0.25) is 9.70 Å². The summed E-state index contributed by atoms with van der Waals surface area (Å²) in [6.45, 7) is 1.07. The summed E-state index contributed by atoms with van der Waals surface area (Å²) in [5.41, 5.74) is 1.89. The number of carbonyl (C=O) groups is 1. The van der Waals surface area contributed by atoms with Gasteiger partial charge in [-0.2, -0.15) is 0 Å². The molecule has 1 heterocycles. The van der Waals surface area contributed by atoms with E-state index in [1.807, 2.05) is 59.5 Å². The highest BCUT2D eigenvalue weighted by Crippen LogP contribution is 2.36. The number of ether oxygens (including phenoxy) is 1. The van der Waals surface area contributed by atoms with Crippen molar-refractivity contribution in [2.24, 2.45) is 0 Å². The topological polar surface area (TPSA) is 44.8 Å². The van der Waals surface area contributed by atoms with Gasteiger partial charge in [0.25, 0.3) is 0 Å². The molecule has 9 heteroatoms. The number of amides is 1. The highest BCUT2D eigenvalue weighted by Gasteiger charge is 2.43. The van der Waals surface area contributed by atoms with Gasteiger partial charge in [-0.25, -0.2) is 0 Å². The van der Waals surface area contributed by atoms with Crippen LogP contribution in [0.15, 0.2) is 54.6 Å². The summed E-state index contributed by atoms with van der Waals surface area (Å²) in [4.78, 5) is 16.2. The first-order chi connectivity index (χ1) is 14.3. The summed E-state index contributed by atoms with van der Waals surface area (Å²) >= 11 is 24.3. The quantitative estimate of drug-likeness (QED) is 0.459. The summed E-state index contributed by atoms with van der Waals surface area (Å²) in [6, 6.07) is 17.3. The van der Waals surface area contributed by atoms with Crippen LogP contribution in [0.1, 0.15) is 12.0 Å². The average Bonchev–Trinajstić information content (AvgIpc) is 3.11. The lowest BCUT2D eigenvalue weighted by molar-refractivity contribution is -0.122. The van der Waals surface area contributed by atoms with Crippen LogP contribution in [0.4, 0.5) is 5.69 Å². The number of aryl methyl sites for hydroxylation is 1. The zero-order valence-corrected chi connectivity index (χ0v) is 19.4. The minimum Gasteiger partial charge on any atom is -0.495 e. The van der Waals surface area contributed by atoms with E-state index in [-0.39, 0.29) is 12.3 Å². The molecule has 2 aromatic rings. The highest BCUT2D eigenvalue weighted by molar-refractivity contribution is 7.80. The van der Waals surface area contributed by atoms with Gasteiger partial charge in [0.1, 0.15) is 5.75 Å². The van der Waals surface area contributed by atoms with Crippen LogP contribution in [0.3, 0.4) is 0 Å². The van der Waals surface area contributed by atoms with Gasteiger partial charge >= 0.3 is 0 Å². The molecule has 0 aromatic heterocycles. The lowest BCUT2D eigenvalue weighted by atomic mass is 10.1. The van der Waals surface area contributed by atoms with Gasteiger partial charge in [-0.15, -0.1) is 0 Å². The van der Waals surface area contributed by atoms with Crippen LogP contribution < -0.4 is 15.0 Å². The van der Waals surface area contributed by atoms with Crippen LogP contribution in [0.5, 0.6) is 5.75 Å². The molecular weight excluding hydrogens is 465 g/mol. The average molecular weight is 487 g/mol. The molecule has 1 N–H and O–H groups in total. The normalized spacial score (nSPS) is 15.3. The summed E-state index contributed by atoms with van der Waals surface area (Å²) in [6.07, 6.45) is -0.0206. The Morgan fingerprint density at radius 3 is 2.47 bits per heavy atom. The first-order valence-electron chi connectivity index (χ1n) is 9.42. The molecular formula is C21H22Cl3N3O2S. The fraction of sp³-hybridized carbons (Fsp3) is 0.333. The van der Waals surface area contributed by atoms with Gasteiger partial charge in [0.05, 0.1) is 12.8 Å². The second-order valence-corrected chi connectivity index (χ2v) is 9.53. The van der Waals surface area contributed by atoms with Crippen LogP contribution in [0.25, 0.3) is 0 Å². The van der Waals surface area contributed by atoms with Gasteiger partial charge < -0.3 is 19.9 Å². The van der Waals surface area contributed by atoms with Crippen molar-refractivity contribution in [2.45, 2.75) is 22.8 Å². The number of carbonyl (C=O) groups excluding carboxylic acids is 1. The predicted octanol–water partition coefficient (Wildman–Crippen LogP) is 4.55. The Bertz CT molecular complexity index is 893. The predicted molar refractivity (Wildman–Crippen MR) is 127 cm³/mol. The third-order valence-corrected chi connectivity index (χ3v) is 5.90. The lowest BCUT2D eigenvalue weighted by Gasteiger charge is -2.35. The number of thiocarbonyl (C=S) groups is 1. The summed E-state index contributed by atoms with van der Waals surface area (Å²) in [5, 5.41) is 3.30. The Balaban J connectivity index is 1.71. The molecule has 0 aliphatic carbocycles. The second kappa shape index (κ2) is 10.1. The van der Waals surface area contributed by atoms with Gasteiger partial charge in [-0.1, -0.05) is 77.3 Å². The second-order valence-electron chi connectivity index (χ2n) is 6.80.